The Labute approximate surface area is 69.8 Å². The van der Waals surface area contributed by atoms with Crippen LogP contribution >= 0.6 is 0 Å². The fraction of sp³-hybridized carbons (Fsp3) is 0. The Morgan fingerprint density at radius 3 is 2.42 bits per heavy atom. The number of nitro groups is 1. The van der Waals surface area contributed by atoms with Crippen molar-refractivity contribution in [3.8, 4) is 0 Å². The number of nitrogens with zero attached hydrogens (tertiary/aromatic N) is 1. The summed E-state index contributed by atoms with van der Waals surface area (Å²) in [6.45, 7) is 3.25. The van der Waals surface area contributed by atoms with E-state index < -0.39 is 4.92 Å². The third-order valence-electron chi connectivity index (χ3n) is 1.40. The zero-order valence-corrected chi connectivity index (χ0v) is 6.36. The minimum atomic E-state index is -0.498. The first-order valence-corrected chi connectivity index (χ1v) is 3.35. The van der Waals surface area contributed by atoms with E-state index in [1.165, 1.54) is 0 Å². The Kier molecular flexibility index (Phi) is 2.41. The van der Waals surface area contributed by atoms with Gasteiger partial charge in [0, 0.05) is 0 Å². The Balaban J connectivity index is 3.14. The zero-order chi connectivity index (χ0) is 8.97. The van der Waals surface area contributed by atoms with Gasteiger partial charge in [0.2, 0.25) is 0 Å². The molecule has 3 nitrogen and oxygen atoms in total. The lowest BCUT2D eigenvalue weighted by atomic mass is 10.2. The highest BCUT2D eigenvalue weighted by atomic mass is 16.6. The van der Waals surface area contributed by atoms with E-state index in [4.69, 9.17) is 0 Å². The molecule has 3 heteroatoms. The van der Waals surface area contributed by atoms with Gasteiger partial charge in [0.05, 0.1) is 10.5 Å². The Bertz CT molecular complexity index is 337. The van der Waals surface area contributed by atoms with Gasteiger partial charge < -0.3 is 0 Å². The summed E-state index contributed by atoms with van der Waals surface area (Å²) >= 11 is 0. The second-order valence-electron chi connectivity index (χ2n) is 2.15. The van der Waals surface area contributed by atoms with Gasteiger partial charge in [-0.15, -0.1) is 0 Å². The standard InChI is InChI=1S/C9H7NO2/c1-2-9(10(11)12)8-6-4-3-5-7-8/h3-7H,1H2. The van der Waals surface area contributed by atoms with Crippen LogP contribution in [0.3, 0.4) is 0 Å². The normalized spacial score (nSPS) is 8.67. The van der Waals surface area contributed by atoms with E-state index in [1.807, 2.05) is 0 Å². The van der Waals surface area contributed by atoms with Gasteiger partial charge in [0.25, 0.3) is 0 Å². The predicted octanol–water partition coefficient (Wildman–Crippen LogP) is 2.09. The first kappa shape index (κ1) is 8.24. The molecule has 1 aromatic rings. The van der Waals surface area contributed by atoms with Crippen molar-refractivity contribution >= 4 is 5.70 Å². The van der Waals surface area contributed by atoms with E-state index in [0.29, 0.717) is 5.56 Å². The summed E-state index contributed by atoms with van der Waals surface area (Å²) in [6, 6.07) is 8.56. The van der Waals surface area contributed by atoms with Crippen molar-refractivity contribution in [1.82, 2.24) is 0 Å². The van der Waals surface area contributed by atoms with E-state index in [2.05, 4.69) is 12.3 Å². The monoisotopic (exact) mass is 161 g/mol. The second kappa shape index (κ2) is 3.51. The molecule has 0 atom stereocenters. The first-order valence-electron chi connectivity index (χ1n) is 3.35. The molecule has 0 aliphatic carbocycles. The molecule has 0 aliphatic rings. The number of benzene rings is 1. The van der Waals surface area contributed by atoms with E-state index >= 15 is 0 Å². The molecule has 0 unspecified atom stereocenters. The minimum Gasteiger partial charge on any atom is -0.258 e. The molecule has 1 aromatic carbocycles. The first-order chi connectivity index (χ1) is 5.75. The van der Waals surface area contributed by atoms with Crippen molar-refractivity contribution < 1.29 is 4.92 Å². The average Bonchev–Trinajstić information content (AvgIpc) is 2.07. The lowest BCUT2D eigenvalue weighted by Gasteiger charge is -1.93. The van der Waals surface area contributed by atoms with Crippen molar-refractivity contribution in [2.45, 2.75) is 0 Å². The maximum absolute atomic E-state index is 10.4. The van der Waals surface area contributed by atoms with Crippen LogP contribution in [0.5, 0.6) is 0 Å². The topological polar surface area (TPSA) is 43.1 Å². The largest absolute Gasteiger partial charge is 0.318 e. The zero-order valence-electron chi connectivity index (χ0n) is 6.36. The van der Waals surface area contributed by atoms with Crippen molar-refractivity contribution in [2.75, 3.05) is 0 Å². The van der Waals surface area contributed by atoms with E-state index in [0.717, 1.165) is 0 Å². The van der Waals surface area contributed by atoms with Gasteiger partial charge in [-0.2, -0.15) is 0 Å². The molecule has 1 rings (SSSR count). The molecule has 0 saturated heterocycles. The average molecular weight is 161 g/mol. The molecule has 60 valence electrons. The van der Waals surface area contributed by atoms with Crippen molar-refractivity contribution in [1.29, 1.82) is 0 Å². The van der Waals surface area contributed by atoms with Gasteiger partial charge >= 0.3 is 5.70 Å². The van der Waals surface area contributed by atoms with Crippen LogP contribution in [0.1, 0.15) is 5.56 Å². The van der Waals surface area contributed by atoms with Crippen LogP contribution in [0, 0.1) is 10.1 Å². The van der Waals surface area contributed by atoms with Gasteiger partial charge in [-0.25, -0.2) is 0 Å². The number of hydrogen-bond acceptors (Lipinski definition) is 2. The fourth-order valence-electron chi connectivity index (χ4n) is 0.868. The summed E-state index contributed by atoms with van der Waals surface area (Å²) in [7, 11) is 0. The molecule has 0 aromatic heterocycles. The minimum absolute atomic E-state index is 0.0874. The van der Waals surface area contributed by atoms with Gasteiger partial charge in [-0.1, -0.05) is 18.2 Å². The highest BCUT2D eigenvalue weighted by Crippen LogP contribution is 2.11. The van der Waals surface area contributed by atoms with Crippen LogP contribution in [0.4, 0.5) is 0 Å². The summed E-state index contributed by atoms with van der Waals surface area (Å²) in [4.78, 5) is 9.90. The Morgan fingerprint density at radius 1 is 1.42 bits per heavy atom. The molecule has 0 N–H and O–H groups in total. The molecule has 0 fully saturated rings. The molecule has 0 bridgehead atoms. The number of hydrogen-bond donors (Lipinski definition) is 0. The van der Waals surface area contributed by atoms with E-state index in [-0.39, 0.29) is 5.70 Å². The molecule has 0 spiro atoms. The van der Waals surface area contributed by atoms with Crippen molar-refractivity contribution in [3.05, 3.63) is 58.3 Å². The van der Waals surface area contributed by atoms with Crippen LogP contribution in [0.15, 0.2) is 42.6 Å². The molecule has 12 heavy (non-hydrogen) atoms. The molecule has 0 heterocycles. The molecular weight excluding hydrogens is 154 g/mol. The third kappa shape index (κ3) is 1.59. The second-order valence-corrected chi connectivity index (χ2v) is 2.15. The van der Waals surface area contributed by atoms with Crippen molar-refractivity contribution in [2.24, 2.45) is 0 Å². The molecule has 0 amide bonds. The van der Waals surface area contributed by atoms with Crippen LogP contribution in [0.25, 0.3) is 5.70 Å². The lowest BCUT2D eigenvalue weighted by molar-refractivity contribution is -0.375. The number of rotatable bonds is 2. The molecule has 0 aliphatic heterocycles. The van der Waals surface area contributed by atoms with Crippen LogP contribution in [0.2, 0.25) is 0 Å². The third-order valence-corrected chi connectivity index (χ3v) is 1.40. The predicted molar refractivity (Wildman–Crippen MR) is 46.0 cm³/mol. The summed E-state index contributed by atoms with van der Waals surface area (Å²) in [5, 5.41) is 10.4. The molecule has 0 saturated carbocycles. The smallest absolute Gasteiger partial charge is 0.258 e. The quantitative estimate of drug-likeness (QED) is 0.378. The highest BCUT2D eigenvalue weighted by Gasteiger charge is 2.10. The van der Waals surface area contributed by atoms with Crippen LogP contribution < -0.4 is 0 Å². The summed E-state index contributed by atoms with van der Waals surface area (Å²) in [5.41, 5.74) is 2.72. The molecular formula is C9H7NO2. The van der Waals surface area contributed by atoms with Crippen molar-refractivity contribution in [3.63, 3.8) is 0 Å². The fourth-order valence-corrected chi connectivity index (χ4v) is 0.868. The molecule has 0 radical (unpaired) electrons. The van der Waals surface area contributed by atoms with Gasteiger partial charge in [-0.05, 0) is 24.4 Å². The Morgan fingerprint density at radius 2 is 2.00 bits per heavy atom. The van der Waals surface area contributed by atoms with Gasteiger partial charge in [0.1, 0.15) is 0 Å². The summed E-state index contributed by atoms with van der Waals surface area (Å²) in [5.74, 6) is 0. The summed E-state index contributed by atoms with van der Waals surface area (Å²) in [6.07, 6.45) is 0. The highest BCUT2D eigenvalue weighted by molar-refractivity contribution is 5.57. The van der Waals surface area contributed by atoms with Crippen LogP contribution in [-0.2, 0) is 0 Å². The van der Waals surface area contributed by atoms with E-state index in [9.17, 15) is 10.1 Å². The van der Waals surface area contributed by atoms with Gasteiger partial charge in [0.15, 0.2) is 0 Å². The van der Waals surface area contributed by atoms with Gasteiger partial charge in [-0.3, -0.25) is 10.1 Å². The lowest BCUT2D eigenvalue weighted by Crippen LogP contribution is -1.95. The Hall–Kier alpha value is -1.86. The maximum Gasteiger partial charge on any atom is 0.318 e. The maximum atomic E-state index is 10.4. The van der Waals surface area contributed by atoms with Crippen LogP contribution in [-0.4, -0.2) is 4.92 Å². The summed E-state index contributed by atoms with van der Waals surface area (Å²) < 4.78 is 0. The van der Waals surface area contributed by atoms with E-state index in [1.54, 1.807) is 30.3 Å². The SMILES string of the molecule is C=C=C(c1ccccc1)[N+](=O)[O-].